The molecular weight excluding hydrogens is 316 g/mol. The molecule has 1 saturated carbocycles. The van der Waals surface area contributed by atoms with E-state index in [0.29, 0.717) is 18.1 Å². The Morgan fingerprint density at radius 2 is 1.96 bits per heavy atom. The van der Waals surface area contributed by atoms with Gasteiger partial charge in [0.2, 0.25) is 0 Å². The number of nitrogens with zero attached hydrogens (tertiary/aromatic N) is 2. The molecule has 0 spiro atoms. The maximum absolute atomic E-state index is 5.91. The fourth-order valence-corrected chi connectivity index (χ4v) is 4.63. The number of hydrogen-bond donors (Lipinski definition) is 2. The van der Waals surface area contributed by atoms with Crippen LogP contribution in [0.2, 0.25) is 0 Å². The van der Waals surface area contributed by atoms with Crippen LogP contribution in [0.25, 0.3) is 0 Å². The molecule has 3 unspecified atom stereocenters. The van der Waals surface area contributed by atoms with E-state index in [4.69, 9.17) is 14.5 Å². The number of ether oxygens (including phenoxy) is 2. The van der Waals surface area contributed by atoms with E-state index in [1.165, 1.54) is 0 Å². The Morgan fingerprint density at radius 1 is 1.24 bits per heavy atom. The molecule has 1 aliphatic carbocycles. The van der Waals surface area contributed by atoms with E-state index >= 15 is 0 Å². The molecule has 144 valence electrons. The summed E-state index contributed by atoms with van der Waals surface area (Å²) in [4.78, 5) is 7.42. The molecule has 25 heavy (non-hydrogen) atoms. The van der Waals surface area contributed by atoms with E-state index in [-0.39, 0.29) is 11.0 Å². The van der Waals surface area contributed by atoms with Gasteiger partial charge in [0.25, 0.3) is 0 Å². The van der Waals surface area contributed by atoms with Crippen LogP contribution in [0.1, 0.15) is 41.0 Å². The highest BCUT2D eigenvalue weighted by molar-refractivity contribution is 5.80. The quantitative estimate of drug-likeness (QED) is 0.580. The van der Waals surface area contributed by atoms with E-state index in [2.05, 4.69) is 50.2 Å². The lowest BCUT2D eigenvalue weighted by Crippen LogP contribution is -2.68. The number of morpholine rings is 1. The molecular formula is C19H36N4O2. The molecule has 6 nitrogen and oxygen atoms in total. The van der Waals surface area contributed by atoms with E-state index in [1.54, 1.807) is 0 Å². The highest BCUT2D eigenvalue weighted by Gasteiger charge is 2.59. The van der Waals surface area contributed by atoms with Gasteiger partial charge in [-0.2, -0.15) is 0 Å². The standard InChI is InChI=1S/C19H36N4O2/c1-6-20-17(21-13-18(2,3)23-8-11-24-12-9-23)22-15-14-7-10-25-16(14)19(15,4)5/h14-16H,6-13H2,1-5H3,(H2,20,21,22). The predicted molar refractivity (Wildman–Crippen MR) is 101 cm³/mol. The molecule has 2 saturated heterocycles. The lowest BCUT2D eigenvalue weighted by molar-refractivity contribution is -0.106. The minimum Gasteiger partial charge on any atom is -0.379 e. The second-order valence-electron chi connectivity index (χ2n) is 8.79. The van der Waals surface area contributed by atoms with Crippen LogP contribution < -0.4 is 10.6 Å². The van der Waals surface area contributed by atoms with Gasteiger partial charge in [-0.1, -0.05) is 13.8 Å². The van der Waals surface area contributed by atoms with Crippen LogP contribution in [0, 0.1) is 11.3 Å². The number of aliphatic imine (C=N–C) groups is 1. The number of nitrogens with one attached hydrogen (secondary N) is 2. The van der Waals surface area contributed by atoms with Crippen LogP contribution >= 0.6 is 0 Å². The van der Waals surface area contributed by atoms with Crippen molar-refractivity contribution < 1.29 is 9.47 Å². The third-order valence-electron chi connectivity index (χ3n) is 6.23. The SMILES string of the molecule is CCNC(=NCC(C)(C)N1CCOCC1)NC1C2CCOC2C1(C)C. The fourth-order valence-electron chi connectivity index (χ4n) is 4.63. The van der Waals surface area contributed by atoms with Crippen LogP contribution in [-0.2, 0) is 9.47 Å². The lowest BCUT2D eigenvalue weighted by atomic mass is 9.57. The van der Waals surface area contributed by atoms with Gasteiger partial charge in [0.1, 0.15) is 0 Å². The monoisotopic (exact) mass is 352 g/mol. The summed E-state index contributed by atoms with van der Waals surface area (Å²) < 4.78 is 11.4. The number of rotatable bonds is 5. The smallest absolute Gasteiger partial charge is 0.191 e. The van der Waals surface area contributed by atoms with Crippen molar-refractivity contribution in [1.82, 2.24) is 15.5 Å². The zero-order chi connectivity index (χ0) is 18.1. The Hall–Kier alpha value is -0.850. The normalized spacial score (nSPS) is 32.8. The molecule has 0 aromatic heterocycles. The fraction of sp³-hybridized carbons (Fsp3) is 0.947. The lowest BCUT2D eigenvalue weighted by Gasteiger charge is -2.55. The van der Waals surface area contributed by atoms with Crippen molar-refractivity contribution in [2.24, 2.45) is 16.3 Å². The molecule has 0 aromatic rings. The van der Waals surface area contributed by atoms with Gasteiger partial charge in [-0.15, -0.1) is 0 Å². The molecule has 6 heteroatoms. The molecule has 3 fully saturated rings. The highest BCUT2D eigenvalue weighted by Crippen LogP contribution is 2.52. The molecule has 0 amide bonds. The van der Waals surface area contributed by atoms with E-state index in [1.807, 2.05) is 0 Å². The van der Waals surface area contributed by atoms with Crippen LogP contribution in [0.5, 0.6) is 0 Å². The summed E-state index contributed by atoms with van der Waals surface area (Å²) in [5.41, 5.74) is 0.206. The van der Waals surface area contributed by atoms with E-state index in [9.17, 15) is 0 Å². The van der Waals surface area contributed by atoms with Gasteiger partial charge in [0, 0.05) is 49.2 Å². The summed E-state index contributed by atoms with van der Waals surface area (Å²) >= 11 is 0. The molecule has 3 aliphatic rings. The molecule has 3 atom stereocenters. The van der Waals surface area contributed by atoms with Gasteiger partial charge in [-0.05, 0) is 27.2 Å². The summed E-state index contributed by atoms with van der Waals surface area (Å²) in [5.74, 6) is 1.55. The Bertz CT molecular complexity index is 486. The van der Waals surface area contributed by atoms with Crippen molar-refractivity contribution >= 4 is 5.96 Å². The first kappa shape index (κ1) is 18.9. The number of fused-ring (bicyclic) bond motifs is 1. The van der Waals surface area contributed by atoms with Gasteiger partial charge >= 0.3 is 0 Å². The van der Waals surface area contributed by atoms with Crippen molar-refractivity contribution in [2.75, 3.05) is 46.0 Å². The number of hydrogen-bond acceptors (Lipinski definition) is 4. The van der Waals surface area contributed by atoms with E-state index in [0.717, 1.165) is 58.4 Å². The summed E-state index contributed by atoms with van der Waals surface area (Å²) in [6, 6.07) is 0.435. The zero-order valence-corrected chi connectivity index (χ0v) is 16.6. The summed E-state index contributed by atoms with van der Waals surface area (Å²) in [7, 11) is 0. The zero-order valence-electron chi connectivity index (χ0n) is 16.6. The van der Waals surface area contributed by atoms with Crippen LogP contribution in [-0.4, -0.2) is 74.5 Å². The van der Waals surface area contributed by atoms with Crippen LogP contribution in [0.3, 0.4) is 0 Å². The predicted octanol–water partition coefficient (Wildman–Crippen LogP) is 1.47. The molecule has 2 N–H and O–H groups in total. The van der Waals surface area contributed by atoms with Crippen molar-refractivity contribution in [3.63, 3.8) is 0 Å². The molecule has 0 radical (unpaired) electrons. The van der Waals surface area contributed by atoms with Crippen molar-refractivity contribution in [3.8, 4) is 0 Å². The minimum absolute atomic E-state index is 0.0419. The maximum atomic E-state index is 5.91. The Labute approximate surface area is 152 Å². The Balaban J connectivity index is 1.63. The van der Waals surface area contributed by atoms with Crippen molar-refractivity contribution in [3.05, 3.63) is 0 Å². The van der Waals surface area contributed by atoms with E-state index < -0.39 is 0 Å². The Morgan fingerprint density at radius 3 is 2.64 bits per heavy atom. The van der Waals surface area contributed by atoms with Crippen molar-refractivity contribution in [1.29, 1.82) is 0 Å². The largest absolute Gasteiger partial charge is 0.379 e. The Kier molecular flexibility index (Phi) is 5.61. The van der Waals surface area contributed by atoms with Gasteiger partial charge < -0.3 is 20.1 Å². The average molecular weight is 353 g/mol. The second kappa shape index (κ2) is 7.41. The van der Waals surface area contributed by atoms with Crippen LogP contribution in [0.15, 0.2) is 4.99 Å². The first-order chi connectivity index (χ1) is 11.9. The van der Waals surface area contributed by atoms with Gasteiger partial charge in [0.15, 0.2) is 5.96 Å². The average Bonchev–Trinajstić information content (AvgIpc) is 3.05. The van der Waals surface area contributed by atoms with Gasteiger partial charge in [0.05, 0.1) is 25.9 Å². The third-order valence-corrected chi connectivity index (χ3v) is 6.23. The van der Waals surface area contributed by atoms with Gasteiger partial charge in [-0.3, -0.25) is 9.89 Å². The first-order valence-electron chi connectivity index (χ1n) is 9.85. The molecule has 2 heterocycles. The first-order valence-corrected chi connectivity index (χ1v) is 9.85. The minimum atomic E-state index is 0.0419. The maximum Gasteiger partial charge on any atom is 0.191 e. The second-order valence-corrected chi connectivity index (χ2v) is 8.79. The van der Waals surface area contributed by atoms with Gasteiger partial charge in [-0.25, -0.2) is 0 Å². The summed E-state index contributed by atoms with van der Waals surface area (Å²) in [6.45, 7) is 17.5. The molecule has 0 aromatic carbocycles. The molecule has 3 rings (SSSR count). The summed E-state index contributed by atoms with van der Waals surface area (Å²) in [5, 5.41) is 7.14. The highest BCUT2D eigenvalue weighted by atomic mass is 16.5. The third kappa shape index (κ3) is 3.81. The number of guanidine groups is 1. The molecule has 0 bridgehead atoms. The summed E-state index contributed by atoms with van der Waals surface area (Å²) in [6.07, 6.45) is 1.56. The molecule has 2 aliphatic heterocycles. The topological polar surface area (TPSA) is 58.1 Å². The van der Waals surface area contributed by atoms with Crippen LogP contribution in [0.4, 0.5) is 0 Å². The van der Waals surface area contributed by atoms with Crippen molar-refractivity contribution in [2.45, 2.75) is 58.7 Å².